The van der Waals surface area contributed by atoms with E-state index in [0.29, 0.717) is 11.7 Å². The van der Waals surface area contributed by atoms with Gasteiger partial charge in [0.05, 0.1) is 17.8 Å². The summed E-state index contributed by atoms with van der Waals surface area (Å²) < 4.78 is 40.4. The molecule has 164 valence electrons. The smallest absolute Gasteiger partial charge is 0.341 e. The molecule has 3 nitrogen and oxygen atoms in total. The summed E-state index contributed by atoms with van der Waals surface area (Å²) in [5.74, 6) is 0. The quantitative estimate of drug-likeness (QED) is 0.531. The van der Waals surface area contributed by atoms with Gasteiger partial charge in [0, 0.05) is 22.0 Å². The van der Waals surface area contributed by atoms with Crippen molar-refractivity contribution in [2.45, 2.75) is 70.4 Å². The van der Waals surface area contributed by atoms with Gasteiger partial charge >= 0.3 is 6.18 Å². The Morgan fingerprint density at radius 2 is 1.77 bits per heavy atom. The summed E-state index contributed by atoms with van der Waals surface area (Å²) in [4.78, 5) is 3.18. The number of anilines is 1. The average molecular weight is 456 g/mol. The summed E-state index contributed by atoms with van der Waals surface area (Å²) in [6.07, 6.45) is -2.77. The molecule has 0 saturated carbocycles. The molecule has 1 aromatic carbocycles. The second kappa shape index (κ2) is 8.48. The predicted molar refractivity (Wildman–Crippen MR) is 122 cm³/mol. The molecule has 8 heteroatoms. The molecule has 2 N–H and O–H groups in total. The minimum absolute atomic E-state index is 0.0152. The highest BCUT2D eigenvalue weighted by Gasteiger charge is 2.41. The first-order valence-electron chi connectivity index (χ1n) is 9.92. The van der Waals surface area contributed by atoms with Crippen LogP contribution in [0.5, 0.6) is 0 Å². The minimum atomic E-state index is -4.45. The number of nitrogens with zero attached hydrogens (tertiary/aromatic N) is 1. The number of hydrogen-bond donors (Lipinski definition) is 2. The molecule has 0 spiro atoms. The molecule has 1 fully saturated rings. The van der Waals surface area contributed by atoms with E-state index in [1.165, 1.54) is 12.1 Å². The van der Waals surface area contributed by atoms with Crippen LogP contribution in [0, 0.1) is 0 Å². The van der Waals surface area contributed by atoms with Crippen molar-refractivity contribution in [2.24, 2.45) is 0 Å². The van der Waals surface area contributed by atoms with Gasteiger partial charge in [-0.2, -0.15) is 13.2 Å². The molecule has 0 atom stereocenters. The number of alkyl halides is 3. The molecule has 30 heavy (non-hydrogen) atoms. The fraction of sp³-hybridized carbons (Fsp3) is 0.500. The van der Waals surface area contributed by atoms with Crippen LogP contribution >= 0.6 is 23.6 Å². The Morgan fingerprint density at radius 3 is 2.33 bits per heavy atom. The van der Waals surface area contributed by atoms with E-state index in [2.05, 4.69) is 43.2 Å². The number of thiophene rings is 1. The monoisotopic (exact) mass is 455 g/mol. The highest BCUT2D eigenvalue weighted by molar-refractivity contribution is 7.80. The van der Waals surface area contributed by atoms with Gasteiger partial charge in [0.1, 0.15) is 0 Å². The third-order valence-electron chi connectivity index (χ3n) is 5.25. The lowest BCUT2D eigenvalue weighted by molar-refractivity contribution is -0.136. The van der Waals surface area contributed by atoms with E-state index in [4.69, 9.17) is 12.2 Å². The Morgan fingerprint density at radius 1 is 1.13 bits per heavy atom. The molecule has 2 aromatic rings. The molecule has 3 rings (SSSR count). The van der Waals surface area contributed by atoms with Crippen molar-refractivity contribution in [1.82, 2.24) is 10.2 Å². The van der Waals surface area contributed by atoms with Crippen LogP contribution in [0.2, 0.25) is 0 Å². The van der Waals surface area contributed by atoms with Crippen molar-refractivity contribution in [3.63, 3.8) is 0 Å². The van der Waals surface area contributed by atoms with Crippen molar-refractivity contribution in [2.75, 3.05) is 5.32 Å². The van der Waals surface area contributed by atoms with E-state index in [0.717, 1.165) is 23.8 Å². The number of para-hydroxylation sites is 1. The molecule has 0 unspecified atom stereocenters. The Hall–Kier alpha value is -1.64. The van der Waals surface area contributed by atoms with Gasteiger partial charge in [-0.3, -0.25) is 0 Å². The summed E-state index contributed by atoms with van der Waals surface area (Å²) in [5, 5.41) is 8.88. The minimum Gasteiger partial charge on any atom is -0.341 e. The van der Waals surface area contributed by atoms with Gasteiger partial charge in [-0.05, 0) is 76.3 Å². The molecule has 0 amide bonds. The van der Waals surface area contributed by atoms with Crippen molar-refractivity contribution < 1.29 is 13.2 Å². The van der Waals surface area contributed by atoms with E-state index >= 15 is 0 Å². The fourth-order valence-corrected chi connectivity index (χ4v) is 5.48. The van der Waals surface area contributed by atoms with Crippen LogP contribution in [-0.2, 0) is 12.7 Å². The largest absolute Gasteiger partial charge is 0.418 e. The third kappa shape index (κ3) is 5.74. The number of hydrogen-bond acceptors (Lipinski definition) is 3. The van der Waals surface area contributed by atoms with Crippen LogP contribution < -0.4 is 10.6 Å². The standard InChI is InChI=1S/C22H28F3N3S2/c1-20(2)12-15(13-21(3,4)27-20)28(14-16-8-7-11-30-16)19(29)26-18-10-6-5-9-17(18)22(23,24)25/h5-11,15,27H,12-14H2,1-4H3,(H,26,29). The second-order valence-electron chi connectivity index (χ2n) is 9.14. The van der Waals surface area contributed by atoms with Gasteiger partial charge in [-0.15, -0.1) is 11.3 Å². The summed E-state index contributed by atoms with van der Waals surface area (Å²) in [7, 11) is 0. The summed E-state index contributed by atoms with van der Waals surface area (Å²) in [6.45, 7) is 9.17. The molecule has 0 bridgehead atoms. The van der Waals surface area contributed by atoms with Gasteiger partial charge in [0.15, 0.2) is 5.11 Å². The Labute approximate surface area is 185 Å². The molecular weight excluding hydrogens is 427 g/mol. The topological polar surface area (TPSA) is 27.3 Å². The van der Waals surface area contributed by atoms with E-state index in [1.54, 1.807) is 17.4 Å². The number of piperidine rings is 1. The zero-order valence-corrected chi connectivity index (χ0v) is 19.3. The molecule has 1 aliphatic heterocycles. The molecule has 1 saturated heterocycles. The first-order valence-corrected chi connectivity index (χ1v) is 11.2. The van der Waals surface area contributed by atoms with Crippen LogP contribution in [0.3, 0.4) is 0 Å². The molecular formula is C22H28F3N3S2. The lowest BCUT2D eigenvalue weighted by atomic mass is 9.79. The molecule has 1 aliphatic rings. The van der Waals surface area contributed by atoms with Gasteiger partial charge in [0.25, 0.3) is 0 Å². The predicted octanol–water partition coefficient (Wildman–Crippen LogP) is 6.28. The number of halogens is 3. The van der Waals surface area contributed by atoms with E-state index in [9.17, 15) is 13.2 Å². The first kappa shape index (κ1) is 23.0. The Balaban J connectivity index is 1.90. The number of rotatable bonds is 4. The number of benzene rings is 1. The highest BCUT2D eigenvalue weighted by Crippen LogP contribution is 2.36. The molecule has 0 radical (unpaired) electrons. The molecule has 0 aliphatic carbocycles. The SMILES string of the molecule is CC1(C)CC(N(Cc2cccs2)C(=S)Nc2ccccc2C(F)(F)F)CC(C)(C)N1. The van der Waals surface area contributed by atoms with E-state index in [1.807, 2.05) is 17.5 Å². The summed E-state index contributed by atoms with van der Waals surface area (Å²) in [6, 6.07) is 9.57. The zero-order valence-electron chi connectivity index (χ0n) is 17.6. The lowest BCUT2D eigenvalue weighted by Crippen LogP contribution is -2.63. The maximum Gasteiger partial charge on any atom is 0.418 e. The van der Waals surface area contributed by atoms with Crippen LogP contribution in [-0.4, -0.2) is 27.1 Å². The number of nitrogens with one attached hydrogen (secondary N) is 2. The van der Waals surface area contributed by atoms with Crippen molar-refractivity contribution in [1.29, 1.82) is 0 Å². The van der Waals surface area contributed by atoms with E-state index in [-0.39, 0.29) is 22.8 Å². The Kier molecular flexibility index (Phi) is 6.51. The summed E-state index contributed by atoms with van der Waals surface area (Å²) in [5.41, 5.74) is -0.952. The lowest BCUT2D eigenvalue weighted by Gasteiger charge is -2.50. The van der Waals surface area contributed by atoms with Crippen LogP contribution in [0.1, 0.15) is 51.0 Å². The third-order valence-corrected chi connectivity index (χ3v) is 6.45. The normalized spacial score (nSPS) is 18.8. The second-order valence-corrected chi connectivity index (χ2v) is 10.6. The molecule has 1 aromatic heterocycles. The van der Waals surface area contributed by atoms with Crippen LogP contribution in [0.15, 0.2) is 41.8 Å². The van der Waals surface area contributed by atoms with Gasteiger partial charge < -0.3 is 15.5 Å². The maximum atomic E-state index is 13.5. The van der Waals surface area contributed by atoms with Crippen molar-refractivity contribution in [3.05, 3.63) is 52.2 Å². The van der Waals surface area contributed by atoms with Crippen molar-refractivity contribution >= 4 is 34.4 Å². The van der Waals surface area contributed by atoms with E-state index < -0.39 is 11.7 Å². The Bertz CT molecular complexity index is 860. The van der Waals surface area contributed by atoms with Gasteiger partial charge in [0.2, 0.25) is 0 Å². The zero-order chi connectivity index (χ0) is 22.2. The highest BCUT2D eigenvalue weighted by atomic mass is 32.1. The van der Waals surface area contributed by atoms with Gasteiger partial charge in [-0.1, -0.05) is 18.2 Å². The maximum absolute atomic E-state index is 13.5. The summed E-state index contributed by atoms with van der Waals surface area (Å²) >= 11 is 7.30. The fourth-order valence-electron chi connectivity index (χ4n) is 4.45. The van der Waals surface area contributed by atoms with Gasteiger partial charge in [-0.25, -0.2) is 0 Å². The average Bonchev–Trinajstić information content (AvgIpc) is 3.09. The van der Waals surface area contributed by atoms with Crippen LogP contribution in [0.25, 0.3) is 0 Å². The van der Waals surface area contributed by atoms with Crippen LogP contribution in [0.4, 0.5) is 18.9 Å². The van der Waals surface area contributed by atoms with Crippen molar-refractivity contribution in [3.8, 4) is 0 Å². The molecule has 2 heterocycles. The number of thiocarbonyl (C=S) groups is 1. The first-order chi connectivity index (χ1) is 13.9.